The van der Waals surface area contributed by atoms with Gasteiger partial charge < -0.3 is 20.5 Å². The van der Waals surface area contributed by atoms with Gasteiger partial charge in [0.15, 0.2) is 0 Å². The van der Waals surface area contributed by atoms with E-state index in [9.17, 15) is 4.79 Å². The van der Waals surface area contributed by atoms with Crippen molar-refractivity contribution in [1.29, 1.82) is 0 Å². The number of carbonyl (C=O) groups excluding carboxylic acids is 1. The summed E-state index contributed by atoms with van der Waals surface area (Å²) in [4.78, 5) is 14.6. The van der Waals surface area contributed by atoms with Crippen LogP contribution in [0.4, 0.5) is 0 Å². The number of nitrogens with zero attached hydrogens (tertiary/aromatic N) is 1. The maximum Gasteiger partial charge on any atom is 0.256 e. The van der Waals surface area contributed by atoms with Crippen molar-refractivity contribution in [2.24, 2.45) is 5.73 Å². The molecule has 1 aliphatic carbocycles. The van der Waals surface area contributed by atoms with E-state index in [1.165, 1.54) is 0 Å². The lowest BCUT2D eigenvalue weighted by molar-refractivity contribution is -0.0637. The molecular formula is C18H28N2O3. The Labute approximate surface area is 138 Å². The summed E-state index contributed by atoms with van der Waals surface area (Å²) in [6.45, 7) is 4.58. The molecule has 5 nitrogen and oxygen atoms in total. The molecule has 1 spiro atoms. The van der Waals surface area contributed by atoms with E-state index in [-0.39, 0.29) is 30.3 Å². The number of ether oxygens (including phenoxy) is 1. The fraction of sp³-hybridized carbons (Fsp3) is 0.611. The molecule has 2 atom stereocenters. The number of aliphatic hydroxyl groups excluding tert-OH is 1. The Morgan fingerprint density at radius 2 is 1.96 bits per heavy atom. The second-order valence-corrected chi connectivity index (χ2v) is 6.51. The summed E-state index contributed by atoms with van der Waals surface area (Å²) in [5, 5.41) is 8.02. The number of rotatable bonds is 2. The maximum atomic E-state index is 12.7. The van der Waals surface area contributed by atoms with Crippen LogP contribution in [0.25, 0.3) is 0 Å². The Morgan fingerprint density at radius 3 is 2.48 bits per heavy atom. The molecule has 1 aliphatic heterocycles. The van der Waals surface area contributed by atoms with Crippen LogP contribution in [0, 0.1) is 0 Å². The van der Waals surface area contributed by atoms with Crippen LogP contribution >= 0.6 is 0 Å². The standard InChI is InChI=1S/C15H19NO2.C3H9NO/c1-12-11-18-15(9-5-6-10-15)16(12)14(17)13-7-3-2-4-8-13;1-3(4)2-5/h2-4,7-8,12H,5-6,9-11H2,1H3;3,5H,2,4H2,1H3/t12-;3-/m00/s1. The van der Waals surface area contributed by atoms with Gasteiger partial charge in [0.2, 0.25) is 0 Å². The fourth-order valence-corrected chi connectivity index (χ4v) is 3.24. The zero-order valence-electron chi connectivity index (χ0n) is 14.1. The third kappa shape index (κ3) is 4.10. The van der Waals surface area contributed by atoms with Gasteiger partial charge in [-0.1, -0.05) is 18.2 Å². The van der Waals surface area contributed by atoms with Crippen LogP contribution in [0.2, 0.25) is 0 Å². The zero-order chi connectivity index (χ0) is 16.9. The van der Waals surface area contributed by atoms with Crippen molar-refractivity contribution in [3.8, 4) is 0 Å². The van der Waals surface area contributed by atoms with Crippen molar-refractivity contribution in [1.82, 2.24) is 4.90 Å². The number of amides is 1. The first-order chi connectivity index (χ1) is 11.0. The van der Waals surface area contributed by atoms with Crippen molar-refractivity contribution < 1.29 is 14.6 Å². The Morgan fingerprint density at radius 1 is 1.39 bits per heavy atom. The van der Waals surface area contributed by atoms with E-state index in [1.807, 2.05) is 35.2 Å². The van der Waals surface area contributed by atoms with Crippen molar-refractivity contribution in [3.05, 3.63) is 35.9 Å². The summed E-state index contributed by atoms with van der Waals surface area (Å²) in [6.07, 6.45) is 4.28. The smallest absolute Gasteiger partial charge is 0.256 e. The topological polar surface area (TPSA) is 75.8 Å². The summed E-state index contributed by atoms with van der Waals surface area (Å²) in [6, 6.07) is 9.65. The van der Waals surface area contributed by atoms with Crippen LogP contribution in [0.5, 0.6) is 0 Å². The van der Waals surface area contributed by atoms with Gasteiger partial charge >= 0.3 is 0 Å². The molecule has 23 heavy (non-hydrogen) atoms. The number of nitrogens with two attached hydrogens (primary N) is 1. The highest BCUT2D eigenvalue weighted by Gasteiger charge is 2.50. The highest BCUT2D eigenvalue weighted by molar-refractivity contribution is 5.95. The molecule has 1 saturated heterocycles. The SMILES string of the molecule is C[C@H](N)CO.C[C@H]1COC2(CCCC2)N1C(=O)c1ccccc1. The lowest BCUT2D eigenvalue weighted by atomic mass is 10.1. The Balaban J connectivity index is 0.000000338. The molecule has 3 N–H and O–H groups in total. The lowest BCUT2D eigenvalue weighted by Gasteiger charge is -2.35. The van der Waals surface area contributed by atoms with Gasteiger partial charge in [-0.25, -0.2) is 0 Å². The first-order valence-electron chi connectivity index (χ1n) is 8.39. The number of benzene rings is 1. The molecule has 0 radical (unpaired) electrons. The van der Waals surface area contributed by atoms with Gasteiger partial charge in [-0.15, -0.1) is 0 Å². The van der Waals surface area contributed by atoms with Crippen LogP contribution in [0.15, 0.2) is 30.3 Å². The van der Waals surface area contributed by atoms with E-state index >= 15 is 0 Å². The van der Waals surface area contributed by atoms with Gasteiger partial charge in [-0.05, 0) is 51.7 Å². The van der Waals surface area contributed by atoms with Crippen molar-refractivity contribution >= 4 is 5.91 Å². The average Bonchev–Trinajstić information content (AvgIpc) is 3.16. The van der Waals surface area contributed by atoms with Gasteiger partial charge in [0.1, 0.15) is 5.72 Å². The Hall–Kier alpha value is -1.43. The third-order valence-electron chi connectivity index (χ3n) is 4.39. The summed E-state index contributed by atoms with van der Waals surface area (Å²) in [7, 11) is 0. The van der Waals surface area contributed by atoms with Crippen molar-refractivity contribution in [3.63, 3.8) is 0 Å². The Kier molecular flexibility index (Phi) is 6.16. The van der Waals surface area contributed by atoms with Crippen LogP contribution in [0.3, 0.4) is 0 Å². The third-order valence-corrected chi connectivity index (χ3v) is 4.39. The van der Waals surface area contributed by atoms with E-state index in [2.05, 4.69) is 6.92 Å². The number of hydrogen-bond donors (Lipinski definition) is 2. The van der Waals surface area contributed by atoms with Gasteiger partial charge in [0, 0.05) is 11.6 Å². The first-order valence-corrected chi connectivity index (χ1v) is 8.39. The molecule has 0 bridgehead atoms. The van der Waals surface area contributed by atoms with E-state index < -0.39 is 0 Å². The van der Waals surface area contributed by atoms with Crippen molar-refractivity contribution in [2.75, 3.05) is 13.2 Å². The van der Waals surface area contributed by atoms with Crippen LogP contribution < -0.4 is 5.73 Å². The molecule has 128 valence electrons. The molecule has 1 saturated carbocycles. The fourth-order valence-electron chi connectivity index (χ4n) is 3.24. The molecular weight excluding hydrogens is 292 g/mol. The second kappa shape index (κ2) is 7.90. The summed E-state index contributed by atoms with van der Waals surface area (Å²) in [5.74, 6) is 0.113. The summed E-state index contributed by atoms with van der Waals surface area (Å²) in [5.41, 5.74) is 5.49. The van der Waals surface area contributed by atoms with Gasteiger partial charge in [0.05, 0.1) is 19.3 Å². The van der Waals surface area contributed by atoms with Gasteiger partial charge in [-0.3, -0.25) is 4.79 Å². The van der Waals surface area contributed by atoms with Crippen LogP contribution in [0.1, 0.15) is 49.9 Å². The lowest BCUT2D eigenvalue weighted by Crippen LogP contribution is -2.49. The molecule has 2 fully saturated rings. The molecule has 1 aromatic rings. The second-order valence-electron chi connectivity index (χ2n) is 6.51. The predicted octanol–water partition coefficient (Wildman–Crippen LogP) is 2.14. The molecule has 5 heteroatoms. The molecule has 3 rings (SSSR count). The number of aliphatic hydroxyl groups is 1. The molecule has 2 aliphatic rings. The normalized spacial score (nSPS) is 23.5. The van der Waals surface area contributed by atoms with E-state index in [0.717, 1.165) is 31.2 Å². The van der Waals surface area contributed by atoms with Gasteiger partial charge in [0.25, 0.3) is 5.91 Å². The molecule has 0 unspecified atom stereocenters. The van der Waals surface area contributed by atoms with E-state index in [4.69, 9.17) is 15.6 Å². The van der Waals surface area contributed by atoms with E-state index in [0.29, 0.717) is 6.61 Å². The zero-order valence-corrected chi connectivity index (χ0v) is 14.1. The minimum Gasteiger partial charge on any atom is -0.395 e. The molecule has 1 aromatic carbocycles. The molecule has 1 heterocycles. The maximum absolute atomic E-state index is 12.7. The number of hydrogen-bond acceptors (Lipinski definition) is 4. The predicted molar refractivity (Wildman–Crippen MR) is 90.0 cm³/mol. The number of carbonyl (C=O) groups is 1. The monoisotopic (exact) mass is 320 g/mol. The minimum absolute atomic E-state index is 0.0602. The summed E-state index contributed by atoms with van der Waals surface area (Å²) >= 11 is 0. The average molecular weight is 320 g/mol. The molecule has 1 amide bonds. The quantitative estimate of drug-likeness (QED) is 0.875. The van der Waals surface area contributed by atoms with Crippen LogP contribution in [-0.4, -0.2) is 46.9 Å². The Bertz CT molecular complexity index is 498. The highest BCUT2D eigenvalue weighted by atomic mass is 16.5. The minimum atomic E-state index is -0.313. The summed E-state index contributed by atoms with van der Waals surface area (Å²) < 4.78 is 5.97. The van der Waals surface area contributed by atoms with Crippen LogP contribution in [-0.2, 0) is 4.74 Å². The van der Waals surface area contributed by atoms with Crippen molar-refractivity contribution in [2.45, 2.75) is 57.3 Å². The molecule has 0 aromatic heterocycles. The van der Waals surface area contributed by atoms with E-state index in [1.54, 1.807) is 6.92 Å². The highest BCUT2D eigenvalue weighted by Crippen LogP contribution is 2.42. The van der Waals surface area contributed by atoms with Gasteiger partial charge in [-0.2, -0.15) is 0 Å². The first kappa shape index (κ1) is 17.9. The largest absolute Gasteiger partial charge is 0.395 e.